The van der Waals surface area contributed by atoms with Crippen molar-refractivity contribution in [2.45, 2.75) is 12.6 Å². The van der Waals surface area contributed by atoms with Crippen LogP contribution < -0.4 is 10.1 Å². The number of carbonyl (C=O) groups is 1. The zero-order valence-corrected chi connectivity index (χ0v) is 15.1. The Morgan fingerprint density at radius 1 is 1.15 bits per heavy atom. The molecule has 0 aliphatic carbocycles. The number of hydrogen-bond donors (Lipinski definition) is 1. The third kappa shape index (κ3) is 3.76. The Morgan fingerprint density at radius 3 is 2.59 bits per heavy atom. The lowest BCUT2D eigenvalue weighted by Crippen LogP contribution is -2.54. The minimum Gasteiger partial charge on any atom is -0.497 e. The summed E-state index contributed by atoms with van der Waals surface area (Å²) in [5.41, 5.74) is 2.92. The molecule has 1 aliphatic rings. The molecule has 0 atom stereocenters. The number of rotatable bonds is 5. The predicted octanol–water partition coefficient (Wildman–Crippen LogP) is 2.72. The van der Waals surface area contributed by atoms with Crippen LogP contribution in [0.1, 0.15) is 11.6 Å². The zero-order valence-electron chi connectivity index (χ0n) is 15.1. The van der Waals surface area contributed by atoms with Gasteiger partial charge in [-0.3, -0.25) is 0 Å². The smallest absolute Gasteiger partial charge is 0.317 e. The van der Waals surface area contributed by atoms with Crippen molar-refractivity contribution in [3.8, 4) is 17.0 Å². The van der Waals surface area contributed by atoms with Gasteiger partial charge in [0.05, 0.1) is 19.3 Å². The number of methoxy groups -OCH3 is 1. The molecule has 2 aromatic carbocycles. The molecule has 3 aromatic rings. The molecule has 0 bridgehead atoms. The largest absolute Gasteiger partial charge is 0.497 e. The molecule has 1 N–H and O–H groups in total. The highest BCUT2D eigenvalue weighted by Gasteiger charge is 2.32. The first-order valence-corrected chi connectivity index (χ1v) is 8.86. The molecule has 0 unspecified atom stereocenters. The summed E-state index contributed by atoms with van der Waals surface area (Å²) in [5, 5.41) is 11.4. The highest BCUT2D eigenvalue weighted by Crippen LogP contribution is 2.23. The van der Waals surface area contributed by atoms with Gasteiger partial charge in [0.25, 0.3) is 0 Å². The number of aromatic nitrogens is 3. The van der Waals surface area contributed by atoms with E-state index >= 15 is 0 Å². The van der Waals surface area contributed by atoms with Crippen molar-refractivity contribution >= 4 is 6.03 Å². The lowest BCUT2D eigenvalue weighted by Gasteiger charge is -2.38. The van der Waals surface area contributed by atoms with E-state index in [1.165, 1.54) is 0 Å². The van der Waals surface area contributed by atoms with Crippen molar-refractivity contribution in [2.75, 3.05) is 20.2 Å². The fraction of sp³-hybridized carbons (Fsp3) is 0.250. The molecule has 2 amide bonds. The Hall–Kier alpha value is -3.35. The topological polar surface area (TPSA) is 72.3 Å². The second kappa shape index (κ2) is 7.49. The van der Waals surface area contributed by atoms with Gasteiger partial charge in [-0.1, -0.05) is 47.7 Å². The maximum Gasteiger partial charge on any atom is 0.317 e. The SMILES string of the molecule is COc1ccc(CNC(=O)N2CC(n3cc(-c4ccccc4)nn3)C2)cc1. The monoisotopic (exact) mass is 363 g/mol. The second-order valence-corrected chi connectivity index (χ2v) is 6.52. The number of carbonyl (C=O) groups excluding carboxylic acids is 1. The van der Waals surface area contributed by atoms with Crippen LogP contribution in [0.2, 0.25) is 0 Å². The van der Waals surface area contributed by atoms with Gasteiger partial charge in [0.2, 0.25) is 0 Å². The van der Waals surface area contributed by atoms with E-state index in [-0.39, 0.29) is 12.1 Å². The molecule has 2 heterocycles. The Kier molecular flexibility index (Phi) is 4.74. The molecular formula is C20H21N5O2. The summed E-state index contributed by atoms with van der Waals surface area (Å²) in [4.78, 5) is 14.0. The minimum absolute atomic E-state index is 0.0644. The zero-order chi connectivity index (χ0) is 18.6. The van der Waals surface area contributed by atoms with E-state index in [0.29, 0.717) is 19.6 Å². The van der Waals surface area contributed by atoms with E-state index in [9.17, 15) is 4.79 Å². The van der Waals surface area contributed by atoms with Gasteiger partial charge in [-0.2, -0.15) is 0 Å². The second-order valence-electron chi connectivity index (χ2n) is 6.52. The van der Waals surface area contributed by atoms with Gasteiger partial charge in [-0.05, 0) is 17.7 Å². The van der Waals surface area contributed by atoms with Crippen molar-refractivity contribution in [3.63, 3.8) is 0 Å². The summed E-state index contributed by atoms with van der Waals surface area (Å²) < 4.78 is 6.98. The highest BCUT2D eigenvalue weighted by atomic mass is 16.5. The number of amides is 2. The molecule has 1 fully saturated rings. The van der Waals surface area contributed by atoms with Gasteiger partial charge < -0.3 is 15.0 Å². The summed E-state index contributed by atoms with van der Waals surface area (Å²) in [6, 6.07) is 17.7. The number of urea groups is 1. The Bertz CT molecular complexity index is 902. The van der Waals surface area contributed by atoms with E-state index < -0.39 is 0 Å². The first kappa shape index (κ1) is 17.1. The molecule has 1 aromatic heterocycles. The standard InChI is InChI=1S/C20H21N5O2/c1-27-18-9-7-15(8-10-18)11-21-20(26)24-12-17(13-24)25-14-19(22-23-25)16-5-3-2-4-6-16/h2-10,14,17H,11-13H2,1H3,(H,21,26). The van der Waals surface area contributed by atoms with Gasteiger partial charge >= 0.3 is 6.03 Å². The third-order valence-corrected chi connectivity index (χ3v) is 4.71. The van der Waals surface area contributed by atoms with Crippen LogP contribution in [0.5, 0.6) is 5.75 Å². The van der Waals surface area contributed by atoms with Crippen molar-refractivity contribution in [1.82, 2.24) is 25.2 Å². The average Bonchev–Trinajstić information content (AvgIpc) is 3.16. The molecule has 0 saturated carbocycles. The lowest BCUT2D eigenvalue weighted by atomic mass is 10.1. The van der Waals surface area contributed by atoms with Crippen LogP contribution in [-0.2, 0) is 6.54 Å². The van der Waals surface area contributed by atoms with E-state index in [1.807, 2.05) is 65.5 Å². The van der Waals surface area contributed by atoms with E-state index in [4.69, 9.17) is 4.74 Å². The fourth-order valence-corrected chi connectivity index (χ4v) is 3.02. The maximum absolute atomic E-state index is 12.3. The van der Waals surface area contributed by atoms with Gasteiger partial charge in [0.1, 0.15) is 11.4 Å². The number of likely N-dealkylation sites (tertiary alicyclic amines) is 1. The first-order chi connectivity index (χ1) is 13.2. The Balaban J connectivity index is 1.27. The Labute approximate surface area is 157 Å². The van der Waals surface area contributed by atoms with Crippen LogP contribution in [0.3, 0.4) is 0 Å². The summed E-state index contributed by atoms with van der Waals surface area (Å²) in [6.45, 7) is 1.75. The predicted molar refractivity (Wildman–Crippen MR) is 101 cm³/mol. The number of ether oxygens (including phenoxy) is 1. The number of hydrogen-bond acceptors (Lipinski definition) is 4. The van der Waals surface area contributed by atoms with Gasteiger partial charge in [0.15, 0.2) is 0 Å². The van der Waals surface area contributed by atoms with Crippen molar-refractivity contribution in [3.05, 3.63) is 66.4 Å². The van der Waals surface area contributed by atoms with E-state index in [1.54, 1.807) is 12.0 Å². The van der Waals surface area contributed by atoms with E-state index in [2.05, 4.69) is 15.6 Å². The van der Waals surface area contributed by atoms with Crippen LogP contribution in [0, 0.1) is 0 Å². The quantitative estimate of drug-likeness (QED) is 0.757. The molecule has 138 valence electrons. The summed E-state index contributed by atoms with van der Waals surface area (Å²) >= 11 is 0. The molecule has 27 heavy (non-hydrogen) atoms. The Morgan fingerprint density at radius 2 is 1.89 bits per heavy atom. The minimum atomic E-state index is -0.0644. The van der Waals surface area contributed by atoms with Crippen LogP contribution >= 0.6 is 0 Å². The average molecular weight is 363 g/mol. The molecule has 4 rings (SSSR count). The lowest BCUT2D eigenvalue weighted by molar-refractivity contribution is 0.117. The molecule has 1 saturated heterocycles. The maximum atomic E-state index is 12.3. The van der Waals surface area contributed by atoms with Crippen molar-refractivity contribution in [2.24, 2.45) is 0 Å². The van der Waals surface area contributed by atoms with Gasteiger partial charge in [-0.15, -0.1) is 5.10 Å². The molecule has 7 heteroatoms. The summed E-state index contributed by atoms with van der Waals surface area (Å²) in [5.74, 6) is 0.804. The van der Waals surface area contributed by atoms with Crippen LogP contribution in [0.25, 0.3) is 11.3 Å². The highest BCUT2D eigenvalue weighted by molar-refractivity contribution is 5.75. The number of nitrogens with zero attached hydrogens (tertiary/aromatic N) is 4. The number of benzene rings is 2. The fourth-order valence-electron chi connectivity index (χ4n) is 3.02. The normalized spacial score (nSPS) is 13.9. The molecule has 0 spiro atoms. The van der Waals surface area contributed by atoms with Crippen molar-refractivity contribution in [1.29, 1.82) is 0 Å². The summed E-state index contributed by atoms with van der Waals surface area (Å²) in [7, 11) is 1.63. The van der Waals surface area contributed by atoms with Crippen LogP contribution in [-0.4, -0.2) is 46.1 Å². The van der Waals surface area contributed by atoms with Gasteiger partial charge in [0, 0.05) is 25.2 Å². The molecular weight excluding hydrogens is 342 g/mol. The molecule has 0 radical (unpaired) electrons. The van der Waals surface area contributed by atoms with E-state index in [0.717, 1.165) is 22.6 Å². The van der Waals surface area contributed by atoms with Gasteiger partial charge in [-0.25, -0.2) is 9.48 Å². The third-order valence-electron chi connectivity index (χ3n) is 4.71. The van der Waals surface area contributed by atoms with Crippen molar-refractivity contribution < 1.29 is 9.53 Å². The summed E-state index contributed by atoms with van der Waals surface area (Å²) in [6.07, 6.45) is 1.94. The molecule has 7 nitrogen and oxygen atoms in total. The first-order valence-electron chi connectivity index (χ1n) is 8.86. The number of nitrogens with one attached hydrogen (secondary N) is 1. The van der Waals surface area contributed by atoms with Crippen LogP contribution in [0.15, 0.2) is 60.8 Å². The van der Waals surface area contributed by atoms with Crippen LogP contribution in [0.4, 0.5) is 4.79 Å². The molecule has 1 aliphatic heterocycles.